The Balaban J connectivity index is 0.998. The lowest BCUT2D eigenvalue weighted by molar-refractivity contribution is 0.348. The molecule has 7 aromatic carbocycles. The summed E-state index contributed by atoms with van der Waals surface area (Å²) >= 11 is 0. The van der Waals surface area contributed by atoms with E-state index < -0.39 is 0 Å². The van der Waals surface area contributed by atoms with Gasteiger partial charge in [0.15, 0.2) is 0 Å². The van der Waals surface area contributed by atoms with Crippen LogP contribution in [0.1, 0.15) is 69.1 Å². The highest BCUT2D eigenvalue weighted by atomic mass is 15.1. The molecule has 0 atom stereocenters. The van der Waals surface area contributed by atoms with Gasteiger partial charge in [-0.15, -0.1) is 25.6 Å². The van der Waals surface area contributed by atoms with Gasteiger partial charge in [-0.1, -0.05) is 130 Å². The van der Waals surface area contributed by atoms with Crippen molar-refractivity contribution in [3.8, 4) is 11.1 Å². The monoisotopic (exact) mass is 771 g/mol. The van der Waals surface area contributed by atoms with Crippen molar-refractivity contribution in [1.29, 1.82) is 0 Å². The second-order valence-electron chi connectivity index (χ2n) is 15.7. The molecule has 1 aliphatic carbocycles. The van der Waals surface area contributed by atoms with Crippen molar-refractivity contribution < 1.29 is 0 Å². The van der Waals surface area contributed by atoms with Crippen LogP contribution in [-0.4, -0.2) is 6.04 Å². The van der Waals surface area contributed by atoms with Crippen molar-refractivity contribution in [3.05, 3.63) is 163 Å². The van der Waals surface area contributed by atoms with Crippen molar-refractivity contribution in [3.63, 3.8) is 0 Å². The van der Waals surface area contributed by atoms with Crippen molar-refractivity contribution in [2.24, 2.45) is 36.6 Å². The van der Waals surface area contributed by atoms with Gasteiger partial charge in [0.25, 0.3) is 0 Å². The van der Waals surface area contributed by atoms with Gasteiger partial charge in [0.05, 0.1) is 34.1 Å². The Bertz CT molecular complexity index is 2720. The first-order chi connectivity index (χ1) is 28.9. The number of fused-ring (bicyclic) bond motifs is 2. The molecule has 59 heavy (non-hydrogen) atoms. The number of hydrogen-bond acceptors (Lipinski definition) is 7. The molecule has 0 saturated heterocycles. The van der Waals surface area contributed by atoms with Gasteiger partial charge in [-0.2, -0.15) is 5.11 Å². The lowest BCUT2D eigenvalue weighted by Gasteiger charge is -2.26. The Labute approximate surface area is 347 Å². The van der Waals surface area contributed by atoms with E-state index in [9.17, 15) is 0 Å². The van der Waals surface area contributed by atoms with Crippen LogP contribution >= 0.6 is 0 Å². The molecule has 1 saturated carbocycles. The van der Waals surface area contributed by atoms with Gasteiger partial charge in [0.2, 0.25) is 0 Å². The van der Waals surface area contributed by atoms with Gasteiger partial charge < -0.3 is 5.32 Å². The Morgan fingerprint density at radius 3 is 1.42 bits per heavy atom. The van der Waals surface area contributed by atoms with Crippen LogP contribution in [-0.2, 0) is 0 Å². The maximum absolute atomic E-state index is 4.73. The van der Waals surface area contributed by atoms with E-state index in [2.05, 4.69) is 104 Å². The van der Waals surface area contributed by atoms with Crippen LogP contribution in [0.4, 0.5) is 39.8 Å². The Kier molecular flexibility index (Phi) is 11.7. The summed E-state index contributed by atoms with van der Waals surface area (Å²) in [6, 6.07) is 45.6. The van der Waals surface area contributed by atoms with Crippen LogP contribution in [0.25, 0.3) is 44.8 Å². The van der Waals surface area contributed by atoms with Crippen LogP contribution in [0.3, 0.4) is 0 Å². The van der Waals surface area contributed by atoms with Gasteiger partial charge in [0, 0.05) is 44.4 Å². The summed E-state index contributed by atoms with van der Waals surface area (Å²) in [5, 5.41) is 35.6. The van der Waals surface area contributed by atoms with E-state index in [1.54, 1.807) is 12.2 Å². The number of nitrogens with zero attached hydrogens (tertiary/aromatic N) is 6. The molecular weight excluding hydrogens is 723 g/mol. The van der Waals surface area contributed by atoms with Crippen molar-refractivity contribution >= 4 is 73.5 Å². The molecule has 1 N–H and O–H groups in total. The molecular formula is C52H49N7. The lowest BCUT2D eigenvalue weighted by Crippen LogP contribution is -2.10. The van der Waals surface area contributed by atoms with Crippen LogP contribution in [0.2, 0.25) is 0 Å². The molecule has 0 amide bonds. The van der Waals surface area contributed by atoms with Crippen LogP contribution in [0, 0.1) is 5.92 Å². The second-order valence-corrected chi connectivity index (χ2v) is 15.7. The highest BCUT2D eigenvalue weighted by molar-refractivity contribution is 6.02. The summed E-state index contributed by atoms with van der Waals surface area (Å²) in [7, 11) is 0. The zero-order valence-corrected chi connectivity index (χ0v) is 34.0. The Morgan fingerprint density at radius 1 is 0.492 bits per heavy atom. The summed E-state index contributed by atoms with van der Waals surface area (Å²) in [6.45, 7) is 14.8. The van der Waals surface area contributed by atoms with Crippen LogP contribution < -0.4 is 5.32 Å². The fraction of sp³-hybridized carbons (Fsp3) is 0.192. The molecule has 8 rings (SSSR count). The molecule has 1 aliphatic rings. The van der Waals surface area contributed by atoms with Crippen molar-refractivity contribution in [2.45, 2.75) is 58.4 Å². The smallest absolute Gasteiger partial charge is 0.0936 e. The third-order valence-corrected chi connectivity index (χ3v) is 11.3. The number of hydrogen-bond donors (Lipinski definition) is 1. The standard InChI is InChI=1S/C52H49N7/c1-6-41-42(7-2)49(31-30-48(41)55-54-40-26-24-39(25-27-40)38-22-20-37(21-23-38)36-18-16-35(5)17-19-36)56-57-51-32-33-52(46-15-11-10-14-45(46)51)59-58-50-29-28-47(53-34(3)4)43-12-8-9-13-44(43)50/h6-15,20-36,53H,1-2,16-19H2,3-5H3. The number of benzene rings is 7. The lowest BCUT2D eigenvalue weighted by atomic mass is 9.79. The number of nitrogens with one attached hydrogen (secondary N) is 1. The van der Waals surface area contributed by atoms with E-state index in [0.29, 0.717) is 29.0 Å². The fourth-order valence-corrected chi connectivity index (χ4v) is 8.05. The highest BCUT2D eigenvalue weighted by Crippen LogP contribution is 2.40. The minimum absolute atomic E-state index is 0.315. The summed E-state index contributed by atoms with van der Waals surface area (Å²) in [5.74, 6) is 1.55. The van der Waals surface area contributed by atoms with E-state index >= 15 is 0 Å². The molecule has 0 unspecified atom stereocenters. The van der Waals surface area contributed by atoms with E-state index in [0.717, 1.165) is 66.9 Å². The maximum atomic E-state index is 4.73. The normalized spacial score (nSPS) is 15.9. The first kappa shape index (κ1) is 39.0. The van der Waals surface area contributed by atoms with Gasteiger partial charge in [0.1, 0.15) is 0 Å². The summed E-state index contributed by atoms with van der Waals surface area (Å²) in [5.41, 5.74) is 10.8. The minimum atomic E-state index is 0.315. The molecule has 0 radical (unpaired) electrons. The third-order valence-electron chi connectivity index (χ3n) is 11.3. The quantitative estimate of drug-likeness (QED) is 0.123. The Morgan fingerprint density at radius 2 is 0.915 bits per heavy atom. The largest absolute Gasteiger partial charge is 0.382 e. The van der Waals surface area contributed by atoms with Crippen molar-refractivity contribution in [2.75, 3.05) is 5.32 Å². The molecule has 1 fully saturated rings. The number of anilines is 1. The molecule has 7 nitrogen and oxygen atoms in total. The SMILES string of the molecule is C=Cc1c(N=Nc2ccc(-c3ccc(C4CCC(C)CC4)cc3)cc2)ccc(N=Nc2ccc(N=Nc3ccc(NC(C)C)c4ccccc34)c3ccccc23)c1C=C. The molecule has 7 aromatic rings. The average molecular weight is 772 g/mol. The molecule has 0 heterocycles. The molecule has 0 aromatic heterocycles. The van der Waals surface area contributed by atoms with Gasteiger partial charge in [-0.3, -0.25) is 0 Å². The predicted octanol–water partition coefficient (Wildman–Crippen LogP) is 17.3. The van der Waals surface area contributed by atoms with E-state index in [1.165, 1.54) is 36.8 Å². The molecule has 0 bridgehead atoms. The third kappa shape index (κ3) is 8.70. The number of azo groups is 3. The van der Waals surface area contributed by atoms with Crippen LogP contribution in [0.5, 0.6) is 0 Å². The summed E-state index contributed by atoms with van der Waals surface area (Å²) < 4.78 is 0. The topological polar surface area (TPSA) is 86.2 Å². The van der Waals surface area contributed by atoms with E-state index in [-0.39, 0.29) is 0 Å². The van der Waals surface area contributed by atoms with Gasteiger partial charge in [-0.05, 0) is 104 Å². The molecule has 0 aliphatic heterocycles. The van der Waals surface area contributed by atoms with E-state index in [4.69, 9.17) is 20.5 Å². The van der Waals surface area contributed by atoms with Gasteiger partial charge in [-0.25, -0.2) is 0 Å². The summed E-state index contributed by atoms with van der Waals surface area (Å²) in [6.07, 6.45) is 8.77. The van der Waals surface area contributed by atoms with Gasteiger partial charge >= 0.3 is 0 Å². The maximum Gasteiger partial charge on any atom is 0.0936 e. The first-order valence-electron chi connectivity index (χ1n) is 20.6. The first-order valence-corrected chi connectivity index (χ1v) is 20.6. The summed E-state index contributed by atoms with van der Waals surface area (Å²) in [4.78, 5) is 0. The highest BCUT2D eigenvalue weighted by Gasteiger charge is 2.19. The fourth-order valence-electron chi connectivity index (χ4n) is 8.05. The average Bonchev–Trinajstić information content (AvgIpc) is 3.27. The zero-order chi connectivity index (χ0) is 40.7. The minimum Gasteiger partial charge on any atom is -0.382 e. The second kappa shape index (κ2) is 17.7. The predicted molar refractivity (Wildman–Crippen MR) is 248 cm³/mol. The van der Waals surface area contributed by atoms with Crippen molar-refractivity contribution in [1.82, 2.24) is 0 Å². The molecule has 0 spiro atoms. The Hall–Kier alpha value is -6.86. The zero-order valence-electron chi connectivity index (χ0n) is 34.0. The molecule has 292 valence electrons. The van der Waals surface area contributed by atoms with Crippen LogP contribution in [0.15, 0.2) is 177 Å². The number of rotatable bonds is 12. The van der Waals surface area contributed by atoms with E-state index in [1.807, 2.05) is 78.9 Å². The molecule has 7 heteroatoms.